The van der Waals surface area contributed by atoms with Gasteiger partial charge in [0.1, 0.15) is 10.7 Å². The van der Waals surface area contributed by atoms with Gasteiger partial charge in [-0.2, -0.15) is 0 Å². The highest BCUT2D eigenvalue weighted by Crippen LogP contribution is 2.22. The largest absolute Gasteiger partial charge is 0.477 e. The number of aliphatic hydroxyl groups excluding tert-OH is 1. The van der Waals surface area contributed by atoms with Gasteiger partial charge in [-0.3, -0.25) is 0 Å². The quantitative estimate of drug-likeness (QED) is 0.734. The van der Waals surface area contributed by atoms with Crippen molar-refractivity contribution >= 4 is 17.3 Å². The topological polar surface area (TPSA) is 86.2 Å². The van der Waals surface area contributed by atoms with E-state index in [-0.39, 0.29) is 12.3 Å². The fourth-order valence-electron chi connectivity index (χ4n) is 1.18. The molecule has 0 saturated carbocycles. The molecule has 0 fully saturated rings. The second kappa shape index (κ2) is 3.84. The molecule has 2 aromatic heterocycles. The molecule has 0 spiro atoms. The summed E-state index contributed by atoms with van der Waals surface area (Å²) in [5.41, 5.74) is 1.51. The summed E-state index contributed by atoms with van der Waals surface area (Å²) in [5.74, 6) is -1.00. The van der Waals surface area contributed by atoms with Gasteiger partial charge >= 0.3 is 5.97 Å². The summed E-state index contributed by atoms with van der Waals surface area (Å²) in [6.45, 7) is -0.0964. The van der Waals surface area contributed by atoms with Crippen LogP contribution in [0, 0.1) is 0 Å². The van der Waals surface area contributed by atoms with Crippen molar-refractivity contribution in [1.29, 1.82) is 0 Å². The Balaban J connectivity index is 2.32. The minimum Gasteiger partial charge on any atom is -0.477 e. The van der Waals surface area contributed by atoms with E-state index in [0.717, 1.165) is 0 Å². The van der Waals surface area contributed by atoms with Crippen molar-refractivity contribution in [2.45, 2.75) is 6.61 Å². The van der Waals surface area contributed by atoms with Gasteiger partial charge in [-0.15, -0.1) is 11.3 Å². The normalized spacial score (nSPS) is 10.5. The van der Waals surface area contributed by atoms with Crippen LogP contribution in [0.25, 0.3) is 11.3 Å². The number of aromatic carboxylic acids is 1. The molecule has 2 heterocycles. The zero-order valence-electron chi connectivity index (χ0n) is 7.60. The van der Waals surface area contributed by atoms with Gasteiger partial charge in [0.25, 0.3) is 0 Å². The number of aliphatic hydroxyl groups is 1. The van der Waals surface area contributed by atoms with Gasteiger partial charge in [0, 0.05) is 17.1 Å². The van der Waals surface area contributed by atoms with Gasteiger partial charge in [-0.05, 0) is 6.07 Å². The Morgan fingerprint density at radius 1 is 1.60 bits per heavy atom. The SMILES string of the molecule is O=C(O)c1cc(-c2csc(CO)n2)c[nH]1. The molecule has 15 heavy (non-hydrogen) atoms. The van der Waals surface area contributed by atoms with Crippen molar-refractivity contribution in [2.75, 3.05) is 0 Å². The molecule has 0 aromatic carbocycles. The van der Waals surface area contributed by atoms with Crippen LogP contribution >= 0.6 is 11.3 Å². The standard InChI is InChI=1S/C9H8N2O3S/c12-3-8-11-7(4-15-8)5-1-6(9(13)14)10-2-5/h1-2,4,10,12H,3H2,(H,13,14). The van der Waals surface area contributed by atoms with E-state index in [1.54, 1.807) is 11.6 Å². The maximum absolute atomic E-state index is 10.6. The maximum Gasteiger partial charge on any atom is 0.352 e. The van der Waals surface area contributed by atoms with Gasteiger partial charge < -0.3 is 15.2 Å². The average molecular weight is 224 g/mol. The third-order valence-electron chi connectivity index (χ3n) is 1.90. The molecular weight excluding hydrogens is 216 g/mol. The number of hydrogen-bond acceptors (Lipinski definition) is 4. The van der Waals surface area contributed by atoms with Crippen LogP contribution in [0.2, 0.25) is 0 Å². The van der Waals surface area contributed by atoms with Crippen LogP contribution in [0.4, 0.5) is 0 Å². The number of H-pyrrole nitrogens is 1. The van der Waals surface area contributed by atoms with Crippen molar-refractivity contribution in [2.24, 2.45) is 0 Å². The summed E-state index contributed by atoms with van der Waals surface area (Å²) in [5, 5.41) is 19.9. The van der Waals surface area contributed by atoms with Gasteiger partial charge in [-0.25, -0.2) is 9.78 Å². The highest BCUT2D eigenvalue weighted by molar-refractivity contribution is 7.09. The molecule has 0 atom stereocenters. The monoisotopic (exact) mass is 224 g/mol. The van der Waals surface area contributed by atoms with E-state index < -0.39 is 5.97 Å². The molecule has 0 unspecified atom stereocenters. The summed E-state index contributed by atoms with van der Waals surface area (Å²) in [6, 6.07) is 1.51. The number of hydrogen-bond donors (Lipinski definition) is 3. The summed E-state index contributed by atoms with van der Waals surface area (Å²) in [4.78, 5) is 17.4. The van der Waals surface area contributed by atoms with Crippen LogP contribution in [0.15, 0.2) is 17.6 Å². The Kier molecular flexibility index (Phi) is 2.53. The third kappa shape index (κ3) is 1.90. The molecule has 5 nitrogen and oxygen atoms in total. The zero-order chi connectivity index (χ0) is 10.8. The molecule has 2 aromatic rings. The van der Waals surface area contributed by atoms with Gasteiger partial charge in [0.2, 0.25) is 0 Å². The van der Waals surface area contributed by atoms with E-state index in [1.165, 1.54) is 17.4 Å². The lowest BCUT2D eigenvalue weighted by atomic mass is 10.2. The van der Waals surface area contributed by atoms with Gasteiger partial charge in [-0.1, -0.05) is 0 Å². The third-order valence-corrected chi connectivity index (χ3v) is 2.73. The Bertz CT molecular complexity index is 489. The minimum atomic E-state index is -1.00. The van der Waals surface area contributed by atoms with E-state index in [4.69, 9.17) is 10.2 Å². The van der Waals surface area contributed by atoms with Gasteiger partial charge in [0.05, 0.1) is 12.3 Å². The zero-order valence-corrected chi connectivity index (χ0v) is 8.41. The molecule has 0 aliphatic rings. The van der Waals surface area contributed by atoms with E-state index in [9.17, 15) is 4.79 Å². The van der Waals surface area contributed by atoms with Crippen molar-refractivity contribution in [3.8, 4) is 11.3 Å². The van der Waals surface area contributed by atoms with Crippen LogP contribution < -0.4 is 0 Å². The average Bonchev–Trinajstić information content (AvgIpc) is 2.86. The Morgan fingerprint density at radius 2 is 2.40 bits per heavy atom. The number of carboxylic acids is 1. The Labute approximate surface area is 89.0 Å². The van der Waals surface area contributed by atoms with Crippen molar-refractivity contribution in [1.82, 2.24) is 9.97 Å². The summed E-state index contributed by atoms with van der Waals surface area (Å²) in [6.07, 6.45) is 1.58. The van der Waals surface area contributed by atoms with Crippen molar-refractivity contribution in [3.63, 3.8) is 0 Å². The molecule has 3 N–H and O–H groups in total. The van der Waals surface area contributed by atoms with Crippen LogP contribution in [0.5, 0.6) is 0 Å². The highest BCUT2D eigenvalue weighted by atomic mass is 32.1. The summed E-state index contributed by atoms with van der Waals surface area (Å²) in [7, 11) is 0. The van der Waals surface area contributed by atoms with E-state index in [2.05, 4.69) is 9.97 Å². The maximum atomic E-state index is 10.6. The molecule has 6 heteroatoms. The fraction of sp³-hybridized carbons (Fsp3) is 0.111. The Morgan fingerprint density at radius 3 is 2.93 bits per heavy atom. The van der Waals surface area contributed by atoms with Crippen LogP contribution in [0.1, 0.15) is 15.5 Å². The first-order chi connectivity index (χ1) is 7.20. The lowest BCUT2D eigenvalue weighted by molar-refractivity contribution is 0.0691. The highest BCUT2D eigenvalue weighted by Gasteiger charge is 2.09. The second-order valence-corrected chi connectivity index (χ2v) is 3.83. The fourth-order valence-corrected chi connectivity index (χ4v) is 1.84. The Hall–Kier alpha value is -1.66. The molecule has 0 amide bonds. The number of nitrogens with one attached hydrogen (secondary N) is 1. The van der Waals surface area contributed by atoms with Crippen molar-refractivity contribution < 1.29 is 15.0 Å². The predicted octanol–water partition coefficient (Wildman–Crippen LogP) is 1.33. The van der Waals surface area contributed by atoms with Crippen LogP contribution in [0.3, 0.4) is 0 Å². The number of carbonyl (C=O) groups is 1. The smallest absolute Gasteiger partial charge is 0.352 e. The molecule has 0 saturated heterocycles. The summed E-state index contributed by atoms with van der Waals surface area (Å²) >= 11 is 1.34. The number of aromatic nitrogens is 2. The van der Waals surface area contributed by atoms with Gasteiger partial charge in [0.15, 0.2) is 0 Å². The molecule has 0 aliphatic heterocycles. The molecule has 0 bridgehead atoms. The molecule has 0 radical (unpaired) electrons. The second-order valence-electron chi connectivity index (χ2n) is 2.89. The number of nitrogens with zero attached hydrogens (tertiary/aromatic N) is 1. The minimum absolute atomic E-state index is 0.0964. The molecule has 78 valence electrons. The number of thiazole rings is 1. The lowest BCUT2D eigenvalue weighted by Crippen LogP contribution is -1.94. The number of rotatable bonds is 3. The van der Waals surface area contributed by atoms with Crippen LogP contribution in [-0.2, 0) is 6.61 Å². The first kappa shape index (κ1) is 9.88. The first-order valence-corrected chi connectivity index (χ1v) is 5.06. The molecule has 0 aliphatic carbocycles. The van der Waals surface area contributed by atoms with E-state index in [0.29, 0.717) is 16.3 Å². The number of carboxylic acid groups (broad SMARTS) is 1. The lowest BCUT2D eigenvalue weighted by Gasteiger charge is -1.87. The number of aromatic amines is 1. The molecule has 2 rings (SSSR count). The van der Waals surface area contributed by atoms with E-state index in [1.807, 2.05) is 0 Å². The summed E-state index contributed by atoms with van der Waals surface area (Å²) < 4.78 is 0. The first-order valence-electron chi connectivity index (χ1n) is 4.18. The van der Waals surface area contributed by atoms with E-state index >= 15 is 0 Å². The van der Waals surface area contributed by atoms with Crippen LogP contribution in [-0.4, -0.2) is 26.2 Å². The molecular formula is C9H8N2O3S. The van der Waals surface area contributed by atoms with Crippen molar-refractivity contribution in [3.05, 3.63) is 28.3 Å². The predicted molar refractivity (Wildman–Crippen MR) is 54.8 cm³/mol.